The minimum absolute atomic E-state index is 0.0176. The summed E-state index contributed by atoms with van der Waals surface area (Å²) in [5.41, 5.74) is -5.98. The summed E-state index contributed by atoms with van der Waals surface area (Å²) in [6.07, 6.45) is -15.7. The summed E-state index contributed by atoms with van der Waals surface area (Å²) in [5.74, 6) is -1.12. The van der Waals surface area contributed by atoms with Gasteiger partial charge in [0.1, 0.15) is 13.1 Å². The minimum Gasteiger partial charge on any atom is -0.372 e. The second-order valence-corrected chi connectivity index (χ2v) is 7.84. The first-order chi connectivity index (χ1) is 17.0. The van der Waals surface area contributed by atoms with Crippen molar-refractivity contribution < 1.29 is 53.9 Å². The smallest absolute Gasteiger partial charge is 0.372 e. The van der Waals surface area contributed by atoms with Crippen molar-refractivity contribution in [2.24, 2.45) is 12.2 Å². The second kappa shape index (κ2) is 9.59. The minimum atomic E-state index is -5.20. The average molecular weight is 545 g/mol. The van der Waals surface area contributed by atoms with Gasteiger partial charge in [-0.15, -0.1) is 0 Å². The van der Waals surface area contributed by atoms with Crippen molar-refractivity contribution in [3.05, 3.63) is 47.3 Å². The lowest BCUT2D eigenvalue weighted by Crippen LogP contribution is -2.44. The molecule has 1 aromatic carbocycles. The molecule has 2 heterocycles. The number of oxime groups is 1. The first kappa shape index (κ1) is 27.8. The summed E-state index contributed by atoms with van der Waals surface area (Å²) < 4.78 is 118. The van der Waals surface area contributed by atoms with Gasteiger partial charge in [-0.25, -0.2) is 0 Å². The Morgan fingerprint density at radius 1 is 1.14 bits per heavy atom. The van der Waals surface area contributed by atoms with Gasteiger partial charge in [0.15, 0.2) is 5.69 Å². The number of aryl methyl sites for hydroxylation is 1. The van der Waals surface area contributed by atoms with E-state index in [-0.39, 0.29) is 29.4 Å². The molecule has 37 heavy (non-hydrogen) atoms. The zero-order valence-electron chi connectivity index (χ0n) is 18.5. The molecule has 0 fully saturated rings. The molecule has 0 saturated heterocycles. The van der Waals surface area contributed by atoms with Crippen molar-refractivity contribution in [1.29, 1.82) is 0 Å². The molecule has 1 aliphatic rings. The van der Waals surface area contributed by atoms with Crippen LogP contribution in [-0.4, -0.2) is 53.3 Å². The summed E-state index contributed by atoms with van der Waals surface area (Å²) in [6, 6.07) is 4.98. The van der Waals surface area contributed by atoms with Crippen molar-refractivity contribution in [3.63, 3.8) is 0 Å². The number of carbonyl (C=O) groups excluding carboxylic acids is 2. The van der Waals surface area contributed by atoms with Crippen LogP contribution in [0.2, 0.25) is 0 Å². The maximum atomic E-state index is 14.1. The van der Waals surface area contributed by atoms with E-state index in [1.165, 1.54) is 24.3 Å². The van der Waals surface area contributed by atoms with Crippen LogP contribution in [0, 0.1) is 0 Å². The molecule has 0 saturated carbocycles. The van der Waals surface area contributed by atoms with Gasteiger partial charge in [-0.1, -0.05) is 17.3 Å². The maximum Gasteiger partial charge on any atom is 0.437 e. The highest BCUT2D eigenvalue weighted by molar-refractivity contribution is 6.02. The van der Waals surface area contributed by atoms with E-state index in [0.29, 0.717) is 4.68 Å². The molecule has 1 aromatic heterocycles. The largest absolute Gasteiger partial charge is 0.437 e. The summed E-state index contributed by atoms with van der Waals surface area (Å²) in [6.45, 7) is -2.39. The monoisotopic (exact) mass is 545 g/mol. The van der Waals surface area contributed by atoms with E-state index in [4.69, 9.17) is 4.84 Å². The van der Waals surface area contributed by atoms with E-state index in [1.807, 2.05) is 0 Å². The Morgan fingerprint density at radius 2 is 1.76 bits per heavy atom. The highest BCUT2D eigenvalue weighted by Gasteiger charge is 2.64. The number of hydrogen-bond donors (Lipinski definition) is 1. The zero-order chi connectivity index (χ0) is 27.8. The molecular formula is C20H16F9N5O3. The van der Waals surface area contributed by atoms with Gasteiger partial charge in [-0.3, -0.25) is 14.3 Å². The van der Waals surface area contributed by atoms with E-state index in [1.54, 1.807) is 5.32 Å². The number of alkyl halides is 9. The molecule has 8 nitrogen and oxygen atoms in total. The number of benzene rings is 1. The first-order valence-corrected chi connectivity index (χ1v) is 10.1. The summed E-state index contributed by atoms with van der Waals surface area (Å²) >= 11 is 0. The lowest BCUT2D eigenvalue weighted by molar-refractivity contribution is -0.278. The lowest BCUT2D eigenvalue weighted by Gasteiger charge is -2.28. The maximum absolute atomic E-state index is 14.1. The number of nitrogens with one attached hydrogen (secondary N) is 1. The Balaban J connectivity index is 1.81. The summed E-state index contributed by atoms with van der Waals surface area (Å²) in [4.78, 5) is 28.4. The zero-order valence-corrected chi connectivity index (χ0v) is 18.5. The van der Waals surface area contributed by atoms with E-state index in [0.717, 1.165) is 11.9 Å². The topological polar surface area (TPSA) is 88.8 Å². The van der Waals surface area contributed by atoms with Crippen molar-refractivity contribution in [2.75, 3.05) is 18.0 Å². The molecular weight excluding hydrogens is 529 g/mol. The number of halogens is 9. The van der Waals surface area contributed by atoms with E-state index >= 15 is 0 Å². The quantitative estimate of drug-likeness (QED) is 0.425. The molecule has 1 aliphatic heterocycles. The normalized spacial score (nSPS) is 18.3. The van der Waals surface area contributed by atoms with Gasteiger partial charge in [0.2, 0.25) is 12.3 Å². The number of anilines is 1. The van der Waals surface area contributed by atoms with Crippen molar-refractivity contribution in [2.45, 2.75) is 30.6 Å². The number of nitrogens with zero attached hydrogens (tertiary/aromatic N) is 4. The van der Waals surface area contributed by atoms with E-state index < -0.39 is 60.9 Å². The molecule has 0 aliphatic carbocycles. The van der Waals surface area contributed by atoms with Gasteiger partial charge in [0, 0.05) is 12.7 Å². The van der Waals surface area contributed by atoms with Gasteiger partial charge in [-0.05, 0) is 23.8 Å². The van der Waals surface area contributed by atoms with Crippen LogP contribution in [0.3, 0.4) is 0 Å². The predicted octanol–water partition coefficient (Wildman–Crippen LogP) is 3.66. The fraction of sp³-hybridized carbons (Fsp3) is 0.400. The van der Waals surface area contributed by atoms with Gasteiger partial charge >= 0.3 is 18.5 Å². The Kier molecular flexibility index (Phi) is 7.20. The molecule has 0 spiro atoms. The fourth-order valence-corrected chi connectivity index (χ4v) is 3.45. The molecule has 0 bridgehead atoms. The van der Waals surface area contributed by atoms with Crippen LogP contribution in [0.5, 0.6) is 0 Å². The standard InChI is InChI=1S/C20H16F9N5O3/c1-33-15(6-14(31-33)19(24,25)26)17(20(27,28)29)7-13(32-37-17)11-2-4-12(5-3-11)34(10-35)8-16(36)30-9-18(21,22)23/h2-6,10H,7-9H2,1H3,(H,30,36). The van der Waals surface area contributed by atoms with Crippen LogP contribution in [0.1, 0.15) is 23.4 Å². The Morgan fingerprint density at radius 3 is 2.24 bits per heavy atom. The molecule has 1 unspecified atom stereocenters. The second-order valence-electron chi connectivity index (χ2n) is 7.84. The molecule has 2 aromatic rings. The van der Waals surface area contributed by atoms with E-state index in [2.05, 4.69) is 10.3 Å². The van der Waals surface area contributed by atoms with Crippen LogP contribution in [-0.2, 0) is 33.3 Å². The summed E-state index contributed by atoms with van der Waals surface area (Å²) in [5, 5.41) is 8.11. The van der Waals surface area contributed by atoms with Gasteiger partial charge < -0.3 is 15.1 Å². The lowest BCUT2D eigenvalue weighted by atomic mass is 9.90. The number of amides is 2. The van der Waals surface area contributed by atoms with Crippen molar-refractivity contribution in [1.82, 2.24) is 15.1 Å². The highest BCUT2D eigenvalue weighted by Crippen LogP contribution is 2.49. The predicted molar refractivity (Wildman–Crippen MR) is 107 cm³/mol. The third-order valence-electron chi connectivity index (χ3n) is 5.23. The summed E-state index contributed by atoms with van der Waals surface area (Å²) in [7, 11) is 0.896. The molecule has 3 rings (SSSR count). The average Bonchev–Trinajstić information content (AvgIpc) is 3.40. The Bertz CT molecular complexity index is 1190. The molecule has 1 atom stereocenters. The van der Waals surface area contributed by atoms with Gasteiger partial charge in [0.05, 0.1) is 17.8 Å². The van der Waals surface area contributed by atoms with Crippen molar-refractivity contribution >= 4 is 23.7 Å². The van der Waals surface area contributed by atoms with Gasteiger partial charge in [-0.2, -0.15) is 44.6 Å². The van der Waals surface area contributed by atoms with Gasteiger partial charge in [0.25, 0.3) is 5.60 Å². The molecule has 2 amide bonds. The van der Waals surface area contributed by atoms with Crippen LogP contribution in [0.25, 0.3) is 0 Å². The number of hydrogen-bond acceptors (Lipinski definition) is 5. The number of aromatic nitrogens is 2. The molecule has 202 valence electrons. The Labute approximate surface area is 201 Å². The van der Waals surface area contributed by atoms with Crippen LogP contribution in [0.15, 0.2) is 35.5 Å². The highest BCUT2D eigenvalue weighted by atomic mass is 19.4. The number of carbonyl (C=O) groups is 2. The third-order valence-corrected chi connectivity index (χ3v) is 5.23. The van der Waals surface area contributed by atoms with Crippen LogP contribution >= 0.6 is 0 Å². The SMILES string of the molecule is Cn1nc(C(F)(F)F)cc1C1(C(F)(F)F)CC(c2ccc(N(C=O)CC(=O)NCC(F)(F)F)cc2)=NO1. The molecule has 17 heteroatoms. The molecule has 0 radical (unpaired) electrons. The van der Waals surface area contributed by atoms with Crippen molar-refractivity contribution in [3.8, 4) is 0 Å². The molecule has 1 N–H and O–H groups in total. The van der Waals surface area contributed by atoms with Crippen LogP contribution < -0.4 is 10.2 Å². The Hall–Kier alpha value is -3.79. The third kappa shape index (κ3) is 5.96. The number of rotatable bonds is 7. The first-order valence-electron chi connectivity index (χ1n) is 10.1. The fourth-order valence-electron chi connectivity index (χ4n) is 3.45. The van der Waals surface area contributed by atoms with Crippen LogP contribution in [0.4, 0.5) is 45.2 Å². The van der Waals surface area contributed by atoms with E-state index in [9.17, 15) is 49.1 Å².